The first-order valence-corrected chi connectivity index (χ1v) is 8.93. The maximum Gasteiger partial charge on any atom is 0.494 e. The van der Waals surface area contributed by atoms with Crippen LogP contribution in [0.4, 0.5) is 0 Å². The van der Waals surface area contributed by atoms with E-state index >= 15 is 0 Å². The Morgan fingerprint density at radius 1 is 1.12 bits per heavy atom. The number of carbonyl (C=O) groups excluding carboxylic acids is 1. The monoisotopic (exact) mass is 346 g/mol. The molecule has 2 aliphatic rings. The van der Waals surface area contributed by atoms with E-state index in [2.05, 4.69) is 0 Å². The molecule has 1 aromatic rings. The van der Waals surface area contributed by atoms with Crippen molar-refractivity contribution >= 4 is 18.6 Å². The largest absolute Gasteiger partial charge is 0.494 e. The highest BCUT2D eigenvalue weighted by Crippen LogP contribution is 2.37. The second-order valence-corrected chi connectivity index (χ2v) is 7.82. The zero-order valence-corrected chi connectivity index (χ0v) is 15.8. The molecule has 1 unspecified atom stereocenters. The van der Waals surface area contributed by atoms with Gasteiger partial charge in [0.1, 0.15) is 5.41 Å². The lowest BCUT2D eigenvalue weighted by Gasteiger charge is -2.32. The Balaban J connectivity index is 1.84. The SMILES string of the molecule is CCOC(=O)C1(c2ccc(B3OC(C)(C)C(C)(C)O3)cc2)CCOC1. The predicted octanol–water partition coefficient (Wildman–Crippen LogP) is 2.21. The van der Waals surface area contributed by atoms with Gasteiger partial charge in [0.15, 0.2) is 0 Å². The maximum absolute atomic E-state index is 12.5. The molecule has 2 aliphatic heterocycles. The number of hydrogen-bond acceptors (Lipinski definition) is 5. The van der Waals surface area contributed by atoms with Crippen molar-refractivity contribution in [3.63, 3.8) is 0 Å². The Bertz CT molecular complexity index is 616. The highest BCUT2D eigenvalue weighted by Gasteiger charge is 2.52. The number of rotatable bonds is 4. The van der Waals surface area contributed by atoms with E-state index in [1.165, 1.54) is 0 Å². The molecule has 6 heteroatoms. The molecule has 0 amide bonds. The van der Waals surface area contributed by atoms with Crippen LogP contribution in [0, 0.1) is 0 Å². The summed E-state index contributed by atoms with van der Waals surface area (Å²) < 4.78 is 23.0. The molecule has 0 aliphatic carbocycles. The van der Waals surface area contributed by atoms with Crippen LogP contribution in [0.2, 0.25) is 0 Å². The van der Waals surface area contributed by atoms with Gasteiger partial charge in [0.2, 0.25) is 0 Å². The number of carbonyl (C=O) groups is 1. The zero-order valence-electron chi connectivity index (χ0n) is 15.8. The van der Waals surface area contributed by atoms with E-state index in [1.807, 2.05) is 58.9 Å². The van der Waals surface area contributed by atoms with Gasteiger partial charge in [-0.3, -0.25) is 4.79 Å². The normalized spacial score (nSPS) is 27.5. The topological polar surface area (TPSA) is 54.0 Å². The van der Waals surface area contributed by atoms with Crippen LogP contribution in [0.15, 0.2) is 24.3 Å². The maximum atomic E-state index is 12.5. The van der Waals surface area contributed by atoms with Gasteiger partial charge in [-0.15, -0.1) is 0 Å². The van der Waals surface area contributed by atoms with Crippen LogP contribution in [-0.2, 0) is 29.0 Å². The van der Waals surface area contributed by atoms with Crippen molar-refractivity contribution in [1.82, 2.24) is 0 Å². The highest BCUT2D eigenvalue weighted by atomic mass is 16.7. The molecule has 2 fully saturated rings. The molecule has 0 saturated carbocycles. The lowest BCUT2D eigenvalue weighted by molar-refractivity contribution is -0.150. The molecular weight excluding hydrogens is 319 g/mol. The van der Waals surface area contributed by atoms with Gasteiger partial charge in [0.25, 0.3) is 0 Å². The average Bonchev–Trinajstić information content (AvgIpc) is 3.12. The summed E-state index contributed by atoms with van der Waals surface area (Å²) in [7, 11) is -0.405. The number of esters is 1. The van der Waals surface area contributed by atoms with Crippen LogP contribution >= 0.6 is 0 Å². The Morgan fingerprint density at radius 3 is 2.20 bits per heavy atom. The van der Waals surface area contributed by atoms with E-state index < -0.39 is 12.5 Å². The van der Waals surface area contributed by atoms with Crippen LogP contribution in [-0.4, -0.2) is 44.1 Å². The Morgan fingerprint density at radius 2 is 1.72 bits per heavy atom. The Kier molecular flexibility index (Phi) is 4.73. The van der Waals surface area contributed by atoms with Crippen molar-refractivity contribution in [1.29, 1.82) is 0 Å². The van der Waals surface area contributed by atoms with Crippen LogP contribution in [0.25, 0.3) is 0 Å². The predicted molar refractivity (Wildman–Crippen MR) is 95.9 cm³/mol. The molecule has 1 aromatic carbocycles. The van der Waals surface area contributed by atoms with Crippen LogP contribution in [0.3, 0.4) is 0 Å². The van der Waals surface area contributed by atoms with Crippen molar-refractivity contribution in [2.45, 2.75) is 57.7 Å². The van der Waals surface area contributed by atoms with Crippen LogP contribution in [0.5, 0.6) is 0 Å². The smallest absolute Gasteiger partial charge is 0.465 e. The van der Waals surface area contributed by atoms with E-state index in [9.17, 15) is 4.79 Å². The van der Waals surface area contributed by atoms with E-state index in [-0.39, 0.29) is 17.2 Å². The third-order valence-corrected chi connectivity index (χ3v) is 5.68. The summed E-state index contributed by atoms with van der Waals surface area (Å²) in [5, 5.41) is 0. The van der Waals surface area contributed by atoms with Gasteiger partial charge < -0.3 is 18.8 Å². The second-order valence-electron chi connectivity index (χ2n) is 7.82. The molecule has 0 bridgehead atoms. The van der Waals surface area contributed by atoms with Gasteiger partial charge >= 0.3 is 13.1 Å². The minimum Gasteiger partial charge on any atom is -0.465 e. The molecule has 0 aromatic heterocycles. The van der Waals surface area contributed by atoms with E-state index in [1.54, 1.807) is 0 Å². The molecule has 0 N–H and O–H groups in total. The standard InChI is InChI=1S/C19H27BO5/c1-6-23-16(21)19(11-12-22-13-19)14-7-9-15(10-8-14)20-24-17(2,3)18(4,5)25-20/h7-10H,6,11-13H2,1-5H3. The summed E-state index contributed by atoms with van der Waals surface area (Å²) in [6, 6.07) is 7.87. The fourth-order valence-electron chi connectivity index (χ4n) is 3.28. The lowest BCUT2D eigenvalue weighted by Crippen LogP contribution is -2.41. The molecule has 25 heavy (non-hydrogen) atoms. The Hall–Kier alpha value is -1.37. The van der Waals surface area contributed by atoms with Gasteiger partial charge in [-0.1, -0.05) is 24.3 Å². The van der Waals surface area contributed by atoms with Crippen molar-refractivity contribution in [2.75, 3.05) is 19.8 Å². The summed E-state index contributed by atoms with van der Waals surface area (Å²) >= 11 is 0. The molecule has 0 radical (unpaired) electrons. The summed E-state index contributed by atoms with van der Waals surface area (Å²) in [6.07, 6.45) is 0.641. The van der Waals surface area contributed by atoms with Crippen LogP contribution < -0.4 is 5.46 Å². The molecule has 5 nitrogen and oxygen atoms in total. The number of benzene rings is 1. The summed E-state index contributed by atoms with van der Waals surface area (Å²) in [5.74, 6) is -0.212. The van der Waals surface area contributed by atoms with Gasteiger partial charge in [0.05, 0.1) is 24.4 Å². The zero-order chi connectivity index (χ0) is 18.3. The molecule has 0 spiro atoms. The lowest BCUT2D eigenvalue weighted by atomic mass is 9.75. The second kappa shape index (κ2) is 6.42. The Labute approximate surface area is 150 Å². The first-order valence-electron chi connectivity index (χ1n) is 8.93. The van der Waals surface area contributed by atoms with Gasteiger partial charge in [-0.25, -0.2) is 0 Å². The fourth-order valence-corrected chi connectivity index (χ4v) is 3.28. The third kappa shape index (κ3) is 3.11. The highest BCUT2D eigenvalue weighted by molar-refractivity contribution is 6.62. The van der Waals surface area contributed by atoms with Crippen molar-refractivity contribution < 1.29 is 23.6 Å². The van der Waals surface area contributed by atoms with Gasteiger partial charge in [-0.2, -0.15) is 0 Å². The van der Waals surface area contributed by atoms with Crippen molar-refractivity contribution in [3.05, 3.63) is 29.8 Å². The molecule has 1 atom stereocenters. The average molecular weight is 346 g/mol. The number of ether oxygens (including phenoxy) is 2. The van der Waals surface area contributed by atoms with Gasteiger partial charge in [-0.05, 0) is 52.1 Å². The van der Waals surface area contributed by atoms with Gasteiger partial charge in [0, 0.05) is 6.61 Å². The summed E-state index contributed by atoms with van der Waals surface area (Å²) in [4.78, 5) is 12.5. The van der Waals surface area contributed by atoms with E-state index in [4.69, 9.17) is 18.8 Å². The molecule has 3 rings (SSSR count). The first-order chi connectivity index (χ1) is 11.7. The molecular formula is C19H27BO5. The van der Waals surface area contributed by atoms with Crippen molar-refractivity contribution in [2.24, 2.45) is 0 Å². The number of hydrogen-bond donors (Lipinski definition) is 0. The third-order valence-electron chi connectivity index (χ3n) is 5.68. The quantitative estimate of drug-likeness (QED) is 0.618. The fraction of sp³-hybridized carbons (Fsp3) is 0.632. The summed E-state index contributed by atoms with van der Waals surface area (Å²) in [5.41, 5.74) is 0.414. The minimum atomic E-state index is -0.704. The van der Waals surface area contributed by atoms with Crippen molar-refractivity contribution in [3.8, 4) is 0 Å². The van der Waals surface area contributed by atoms with E-state index in [0.29, 0.717) is 26.2 Å². The molecule has 2 saturated heterocycles. The molecule has 136 valence electrons. The summed E-state index contributed by atoms with van der Waals surface area (Å²) in [6.45, 7) is 11.3. The first kappa shape index (κ1) is 18.4. The molecule has 2 heterocycles. The minimum absolute atomic E-state index is 0.212. The van der Waals surface area contributed by atoms with Crippen LogP contribution in [0.1, 0.15) is 46.6 Å². The van der Waals surface area contributed by atoms with E-state index in [0.717, 1.165) is 11.0 Å².